The van der Waals surface area contributed by atoms with Crippen LogP contribution in [0, 0.1) is 12.7 Å². The van der Waals surface area contributed by atoms with Gasteiger partial charge in [-0.2, -0.15) is 0 Å². The van der Waals surface area contributed by atoms with Crippen molar-refractivity contribution in [2.45, 2.75) is 11.8 Å². The molecule has 0 spiro atoms. The van der Waals surface area contributed by atoms with Gasteiger partial charge in [-0.25, -0.2) is 17.6 Å². The lowest BCUT2D eigenvalue weighted by molar-refractivity contribution is -0.131. The van der Waals surface area contributed by atoms with Crippen molar-refractivity contribution in [2.24, 2.45) is 0 Å². The van der Waals surface area contributed by atoms with Crippen LogP contribution in [-0.4, -0.2) is 26.6 Å². The zero-order valence-corrected chi connectivity index (χ0v) is 14.3. The molecule has 0 aliphatic rings. The number of rotatable bonds is 6. The Morgan fingerprint density at radius 3 is 2.56 bits per heavy atom. The summed E-state index contributed by atoms with van der Waals surface area (Å²) >= 11 is 0. The second-order valence-electron chi connectivity index (χ2n) is 5.15. The summed E-state index contributed by atoms with van der Waals surface area (Å²) in [6.45, 7) is 1.56. The Bertz CT molecular complexity index is 938. The topological polar surface area (TPSA) is 92.7 Å². The third-order valence-corrected chi connectivity index (χ3v) is 4.72. The van der Waals surface area contributed by atoms with E-state index in [1.54, 1.807) is 6.92 Å². The number of aryl methyl sites for hydroxylation is 1. The van der Waals surface area contributed by atoms with Gasteiger partial charge in [-0.05, 0) is 48.4 Å². The molecule has 0 aliphatic heterocycles. The van der Waals surface area contributed by atoms with Gasteiger partial charge in [-0.15, -0.1) is 0 Å². The SMILES string of the molecule is COc1ccc(C=CC(=O)O)cc1S(=O)(=O)Nc1ccc(C)c(F)c1. The Morgan fingerprint density at radius 2 is 1.96 bits per heavy atom. The molecule has 0 heterocycles. The minimum atomic E-state index is -4.07. The predicted molar refractivity (Wildman–Crippen MR) is 91.6 cm³/mol. The van der Waals surface area contributed by atoms with Gasteiger partial charge in [0.25, 0.3) is 10.0 Å². The standard InChI is InChI=1S/C17H16FNO5S/c1-11-3-6-13(10-14(11)18)19-25(22,23)16-9-12(5-8-17(20)21)4-7-15(16)24-2/h3-10,19H,1-2H3,(H,20,21). The highest BCUT2D eigenvalue weighted by molar-refractivity contribution is 7.92. The fraction of sp³-hybridized carbons (Fsp3) is 0.118. The molecule has 2 aromatic rings. The number of methoxy groups -OCH3 is 1. The molecule has 0 atom stereocenters. The van der Waals surface area contributed by atoms with Crippen molar-refractivity contribution in [1.82, 2.24) is 0 Å². The predicted octanol–water partition coefficient (Wildman–Crippen LogP) is 3.04. The van der Waals surface area contributed by atoms with E-state index in [9.17, 15) is 17.6 Å². The Hall–Kier alpha value is -2.87. The van der Waals surface area contributed by atoms with E-state index < -0.39 is 21.8 Å². The fourth-order valence-electron chi connectivity index (χ4n) is 2.04. The van der Waals surface area contributed by atoms with E-state index in [-0.39, 0.29) is 16.3 Å². The van der Waals surface area contributed by atoms with Crippen LogP contribution < -0.4 is 9.46 Å². The number of halogens is 1. The third-order valence-electron chi connectivity index (χ3n) is 3.32. The first-order valence-electron chi connectivity index (χ1n) is 7.11. The molecule has 0 saturated carbocycles. The molecule has 0 aromatic heterocycles. The molecule has 8 heteroatoms. The van der Waals surface area contributed by atoms with Gasteiger partial charge in [0.1, 0.15) is 16.5 Å². The molecule has 2 aromatic carbocycles. The molecule has 132 valence electrons. The molecular formula is C17H16FNO5S. The van der Waals surface area contributed by atoms with E-state index in [1.807, 2.05) is 0 Å². The van der Waals surface area contributed by atoms with E-state index in [1.165, 1.54) is 43.5 Å². The number of hydrogen-bond acceptors (Lipinski definition) is 4. The van der Waals surface area contributed by atoms with Crippen LogP contribution in [0.15, 0.2) is 47.4 Å². The van der Waals surface area contributed by atoms with Crippen LogP contribution in [0.3, 0.4) is 0 Å². The second-order valence-corrected chi connectivity index (χ2v) is 6.80. The van der Waals surface area contributed by atoms with Gasteiger partial charge in [-0.1, -0.05) is 12.1 Å². The summed E-state index contributed by atoms with van der Waals surface area (Å²) in [7, 11) is -2.76. The quantitative estimate of drug-likeness (QED) is 0.768. The average Bonchev–Trinajstić information content (AvgIpc) is 2.55. The summed E-state index contributed by atoms with van der Waals surface area (Å²) in [4.78, 5) is 10.4. The molecular weight excluding hydrogens is 349 g/mol. The summed E-state index contributed by atoms with van der Waals surface area (Å²) in [5.41, 5.74) is 0.816. The van der Waals surface area contributed by atoms with E-state index in [0.29, 0.717) is 11.1 Å². The lowest BCUT2D eigenvalue weighted by Crippen LogP contribution is -2.14. The van der Waals surface area contributed by atoms with Crippen LogP contribution in [0.2, 0.25) is 0 Å². The van der Waals surface area contributed by atoms with Gasteiger partial charge in [0.15, 0.2) is 0 Å². The molecule has 25 heavy (non-hydrogen) atoms. The summed E-state index contributed by atoms with van der Waals surface area (Å²) in [5.74, 6) is -1.62. The zero-order chi connectivity index (χ0) is 18.6. The van der Waals surface area contributed by atoms with E-state index in [2.05, 4.69) is 4.72 Å². The molecule has 2 rings (SSSR count). The van der Waals surface area contributed by atoms with Crippen molar-refractivity contribution in [2.75, 3.05) is 11.8 Å². The Kier molecular flexibility index (Phi) is 5.43. The molecule has 0 unspecified atom stereocenters. The van der Waals surface area contributed by atoms with Crippen molar-refractivity contribution in [3.05, 3.63) is 59.4 Å². The van der Waals surface area contributed by atoms with Gasteiger partial charge in [-0.3, -0.25) is 4.72 Å². The van der Waals surface area contributed by atoms with E-state index in [0.717, 1.165) is 12.1 Å². The maximum atomic E-state index is 13.6. The minimum absolute atomic E-state index is 0.0663. The molecule has 6 nitrogen and oxygen atoms in total. The Morgan fingerprint density at radius 1 is 1.24 bits per heavy atom. The summed E-state index contributed by atoms with van der Waals surface area (Å²) in [6.07, 6.45) is 2.15. The molecule has 0 saturated heterocycles. The highest BCUT2D eigenvalue weighted by Gasteiger charge is 2.20. The van der Waals surface area contributed by atoms with E-state index >= 15 is 0 Å². The lowest BCUT2D eigenvalue weighted by Gasteiger charge is -2.13. The molecule has 0 radical (unpaired) electrons. The van der Waals surface area contributed by atoms with Gasteiger partial charge in [0.2, 0.25) is 0 Å². The Balaban J connectivity index is 2.44. The first-order chi connectivity index (χ1) is 11.7. The van der Waals surface area contributed by atoms with Crippen LogP contribution in [0.25, 0.3) is 6.08 Å². The summed E-state index contributed by atoms with van der Waals surface area (Å²) < 4.78 is 46.2. The van der Waals surface area contributed by atoms with E-state index in [4.69, 9.17) is 9.84 Å². The number of aliphatic carboxylic acids is 1. The minimum Gasteiger partial charge on any atom is -0.495 e. The van der Waals surface area contributed by atoms with Gasteiger partial charge in [0.05, 0.1) is 12.8 Å². The van der Waals surface area contributed by atoms with Crippen molar-refractivity contribution in [3.63, 3.8) is 0 Å². The van der Waals surface area contributed by atoms with Gasteiger partial charge >= 0.3 is 5.97 Å². The number of carboxylic acids is 1. The largest absolute Gasteiger partial charge is 0.495 e. The molecule has 0 bridgehead atoms. The van der Waals surface area contributed by atoms with Crippen molar-refractivity contribution in [1.29, 1.82) is 0 Å². The number of anilines is 1. The molecule has 0 amide bonds. The first-order valence-corrected chi connectivity index (χ1v) is 8.59. The Labute approximate surface area is 144 Å². The number of carboxylic acid groups (broad SMARTS) is 1. The maximum Gasteiger partial charge on any atom is 0.328 e. The number of hydrogen-bond donors (Lipinski definition) is 2. The second kappa shape index (κ2) is 7.35. The third kappa shape index (κ3) is 4.57. The van der Waals surface area contributed by atoms with Crippen molar-refractivity contribution >= 4 is 27.8 Å². The van der Waals surface area contributed by atoms with Crippen LogP contribution in [0.5, 0.6) is 5.75 Å². The summed E-state index contributed by atoms with van der Waals surface area (Å²) in [5, 5.41) is 8.67. The fourth-order valence-corrected chi connectivity index (χ4v) is 3.30. The highest BCUT2D eigenvalue weighted by atomic mass is 32.2. The van der Waals surface area contributed by atoms with Gasteiger partial charge < -0.3 is 9.84 Å². The number of nitrogens with one attached hydrogen (secondary N) is 1. The lowest BCUT2D eigenvalue weighted by atomic mass is 10.2. The van der Waals surface area contributed by atoms with Crippen LogP contribution in [-0.2, 0) is 14.8 Å². The molecule has 0 aliphatic carbocycles. The smallest absolute Gasteiger partial charge is 0.328 e. The van der Waals surface area contributed by atoms with Crippen LogP contribution >= 0.6 is 0 Å². The first kappa shape index (κ1) is 18.5. The van der Waals surface area contributed by atoms with Gasteiger partial charge in [0, 0.05) is 6.08 Å². The average molecular weight is 365 g/mol. The highest BCUT2D eigenvalue weighted by Crippen LogP contribution is 2.28. The van der Waals surface area contributed by atoms with Crippen molar-refractivity contribution < 1.29 is 27.4 Å². The molecule has 0 fully saturated rings. The summed E-state index contributed by atoms with van der Waals surface area (Å²) in [6, 6.07) is 8.17. The molecule has 2 N–H and O–H groups in total. The van der Waals surface area contributed by atoms with Crippen molar-refractivity contribution in [3.8, 4) is 5.75 Å². The number of carbonyl (C=O) groups is 1. The number of benzene rings is 2. The number of sulfonamides is 1. The zero-order valence-electron chi connectivity index (χ0n) is 13.5. The maximum absolute atomic E-state index is 13.6. The van der Waals surface area contributed by atoms with Crippen LogP contribution in [0.1, 0.15) is 11.1 Å². The normalized spacial score (nSPS) is 11.5. The number of ether oxygens (including phenoxy) is 1. The van der Waals surface area contributed by atoms with Crippen LogP contribution in [0.4, 0.5) is 10.1 Å². The monoisotopic (exact) mass is 365 g/mol.